The fourth-order valence-electron chi connectivity index (χ4n) is 4.07. The van der Waals surface area contributed by atoms with Crippen LogP contribution < -0.4 is 9.64 Å². The highest BCUT2D eigenvalue weighted by molar-refractivity contribution is 8.19. The molecule has 0 bridgehead atoms. The molecule has 0 N–H and O–H groups in total. The topological polar surface area (TPSA) is 41.9 Å². The summed E-state index contributed by atoms with van der Waals surface area (Å²) < 4.78 is 19.8. The summed E-state index contributed by atoms with van der Waals surface area (Å²) in [5.74, 6) is 0.0257. The smallest absolute Gasteiger partial charge is 0.271 e. The lowest BCUT2D eigenvalue weighted by Gasteiger charge is -2.16. The number of aliphatic imine (C=N–C) groups is 1. The summed E-state index contributed by atoms with van der Waals surface area (Å²) in [5.41, 5.74) is 4.85. The number of anilines is 1. The molecule has 1 heterocycles. The van der Waals surface area contributed by atoms with Crippen LogP contribution in [-0.2, 0) is 11.4 Å². The number of carbonyl (C=O) groups excluding carboxylic acids is 1. The fourth-order valence-corrected chi connectivity index (χ4v) is 5.27. The number of rotatable bonds is 6. The average Bonchev–Trinajstić information content (AvgIpc) is 3.21. The van der Waals surface area contributed by atoms with Crippen molar-refractivity contribution in [2.75, 3.05) is 4.90 Å². The van der Waals surface area contributed by atoms with Crippen LogP contribution in [0.4, 0.5) is 15.8 Å². The van der Waals surface area contributed by atoms with Gasteiger partial charge in [-0.1, -0.05) is 66.2 Å². The summed E-state index contributed by atoms with van der Waals surface area (Å²) in [5, 5.41) is 0.927. The van der Waals surface area contributed by atoms with Crippen LogP contribution in [0.2, 0.25) is 5.02 Å². The van der Waals surface area contributed by atoms with Gasteiger partial charge in [-0.15, -0.1) is 0 Å². The largest absolute Gasteiger partial charge is 0.489 e. The number of halogens is 2. The lowest BCUT2D eigenvalue weighted by Crippen LogP contribution is -2.28. The van der Waals surface area contributed by atoms with Crippen molar-refractivity contribution in [2.24, 2.45) is 4.99 Å². The number of thioether (sulfide) groups is 1. The van der Waals surface area contributed by atoms with E-state index in [4.69, 9.17) is 21.3 Å². The Hall–Kier alpha value is -3.87. The van der Waals surface area contributed by atoms with Crippen LogP contribution in [0.3, 0.4) is 0 Å². The van der Waals surface area contributed by atoms with Gasteiger partial charge in [0.1, 0.15) is 18.2 Å². The molecule has 0 spiro atoms. The Morgan fingerprint density at radius 2 is 1.61 bits per heavy atom. The zero-order valence-electron chi connectivity index (χ0n) is 20.8. The van der Waals surface area contributed by atoms with Crippen molar-refractivity contribution in [3.8, 4) is 5.75 Å². The molecule has 4 aromatic carbocycles. The van der Waals surface area contributed by atoms with Crippen LogP contribution in [0.25, 0.3) is 6.08 Å². The Kier molecular flexibility index (Phi) is 7.63. The fraction of sp³-hybridized carbons (Fsp3) is 0.0968. The first kappa shape index (κ1) is 25.8. The zero-order valence-corrected chi connectivity index (χ0v) is 22.4. The Bertz CT molecular complexity index is 1510. The normalized spacial score (nSPS) is 15.5. The third-order valence-corrected chi connectivity index (χ3v) is 7.41. The van der Waals surface area contributed by atoms with Gasteiger partial charge in [0.2, 0.25) is 0 Å². The van der Waals surface area contributed by atoms with Crippen LogP contribution >= 0.6 is 23.4 Å². The van der Waals surface area contributed by atoms with Crippen molar-refractivity contribution in [1.29, 1.82) is 0 Å². The monoisotopic (exact) mass is 542 g/mol. The van der Waals surface area contributed by atoms with Gasteiger partial charge >= 0.3 is 0 Å². The summed E-state index contributed by atoms with van der Waals surface area (Å²) in [7, 11) is 0. The predicted octanol–water partition coefficient (Wildman–Crippen LogP) is 8.48. The zero-order chi connectivity index (χ0) is 26.6. The lowest BCUT2D eigenvalue weighted by atomic mass is 10.1. The Morgan fingerprint density at radius 3 is 2.29 bits per heavy atom. The molecule has 38 heavy (non-hydrogen) atoms. The number of amides is 1. The lowest BCUT2D eigenvalue weighted by molar-refractivity contribution is -0.113. The van der Waals surface area contributed by atoms with E-state index in [2.05, 4.69) is 0 Å². The summed E-state index contributed by atoms with van der Waals surface area (Å²) >= 11 is 7.43. The molecule has 0 unspecified atom stereocenters. The highest BCUT2D eigenvalue weighted by Crippen LogP contribution is 2.38. The average molecular weight is 543 g/mol. The number of aryl methyl sites for hydroxylation is 2. The van der Waals surface area contributed by atoms with E-state index in [1.165, 1.54) is 17.8 Å². The molecule has 1 saturated heterocycles. The van der Waals surface area contributed by atoms with E-state index in [0.29, 0.717) is 26.4 Å². The first-order valence-electron chi connectivity index (χ1n) is 12.0. The van der Waals surface area contributed by atoms with Gasteiger partial charge in [0.25, 0.3) is 5.91 Å². The minimum atomic E-state index is -0.406. The molecular formula is C31H24ClFN2O2S. The standard InChI is InChI=1S/C31H24ClFN2O2S/c1-20-8-6-9-21(2)29(20)34-31-35(23-10-4-3-5-11-23)30(36)28(38-31)18-22-14-16-24(17-15-22)37-19-25-26(32)12-7-13-27(25)33/h3-18H,19H2,1-2H3/b28-18-,34-31?. The maximum Gasteiger partial charge on any atom is 0.271 e. The van der Waals surface area contributed by atoms with Crippen LogP contribution in [-0.4, -0.2) is 11.1 Å². The molecule has 1 aliphatic rings. The molecule has 7 heteroatoms. The quantitative estimate of drug-likeness (QED) is 0.229. The summed E-state index contributed by atoms with van der Waals surface area (Å²) in [4.78, 5) is 20.7. The number of hydrogen-bond acceptors (Lipinski definition) is 4. The van der Waals surface area contributed by atoms with Crippen molar-refractivity contribution < 1.29 is 13.9 Å². The van der Waals surface area contributed by atoms with E-state index in [9.17, 15) is 9.18 Å². The molecule has 190 valence electrons. The number of hydrogen-bond donors (Lipinski definition) is 0. The summed E-state index contributed by atoms with van der Waals surface area (Å²) in [6.45, 7) is 4.05. The number of amidine groups is 1. The van der Waals surface area contributed by atoms with Gasteiger partial charge in [0.15, 0.2) is 5.17 Å². The van der Waals surface area contributed by atoms with Crippen LogP contribution in [0.5, 0.6) is 5.75 Å². The van der Waals surface area contributed by atoms with Crippen LogP contribution in [0, 0.1) is 19.7 Å². The summed E-state index contributed by atoms with van der Waals surface area (Å²) in [6, 6.07) is 27.4. The first-order valence-corrected chi connectivity index (χ1v) is 13.2. The SMILES string of the molecule is Cc1cccc(C)c1N=C1S/C(=C\c2ccc(OCc3c(F)cccc3Cl)cc2)C(=O)N1c1ccccc1. The predicted molar refractivity (Wildman–Crippen MR) is 155 cm³/mol. The van der Waals surface area contributed by atoms with Gasteiger partial charge in [0, 0.05) is 5.56 Å². The molecular weight excluding hydrogens is 519 g/mol. The second-order valence-electron chi connectivity index (χ2n) is 8.78. The number of benzene rings is 4. The van der Waals surface area contributed by atoms with Gasteiger partial charge < -0.3 is 4.74 Å². The number of carbonyl (C=O) groups is 1. The Morgan fingerprint density at radius 1 is 0.921 bits per heavy atom. The number of ether oxygens (including phenoxy) is 1. The highest BCUT2D eigenvalue weighted by atomic mass is 35.5. The Balaban J connectivity index is 1.41. The molecule has 1 fully saturated rings. The van der Waals surface area contributed by atoms with Crippen LogP contribution in [0.15, 0.2) is 101 Å². The molecule has 4 nitrogen and oxygen atoms in total. The van der Waals surface area contributed by atoms with E-state index in [1.54, 1.807) is 29.2 Å². The second-order valence-corrected chi connectivity index (χ2v) is 10.2. The summed E-state index contributed by atoms with van der Waals surface area (Å²) in [6.07, 6.45) is 1.84. The van der Waals surface area contributed by atoms with Crippen molar-refractivity contribution in [2.45, 2.75) is 20.5 Å². The van der Waals surface area contributed by atoms with Gasteiger partial charge in [-0.05, 0) is 84.8 Å². The molecule has 0 aliphatic carbocycles. The van der Waals surface area contributed by atoms with Crippen molar-refractivity contribution >= 4 is 51.9 Å². The van der Waals surface area contributed by atoms with Gasteiger partial charge in [-0.3, -0.25) is 9.69 Å². The van der Waals surface area contributed by atoms with Crippen molar-refractivity contribution in [3.05, 3.63) is 129 Å². The molecule has 1 amide bonds. The molecule has 0 radical (unpaired) electrons. The maximum atomic E-state index is 14.0. The molecule has 1 aliphatic heterocycles. The minimum Gasteiger partial charge on any atom is -0.489 e. The Labute approximate surface area is 230 Å². The minimum absolute atomic E-state index is 0.0183. The molecule has 0 saturated carbocycles. The first-order chi connectivity index (χ1) is 18.4. The highest BCUT2D eigenvalue weighted by Gasteiger charge is 2.34. The van der Waals surface area contributed by atoms with E-state index >= 15 is 0 Å². The third-order valence-electron chi connectivity index (χ3n) is 6.09. The van der Waals surface area contributed by atoms with Gasteiger partial charge in [-0.25, -0.2) is 9.38 Å². The molecule has 5 rings (SSSR count). The van der Waals surface area contributed by atoms with Crippen LogP contribution in [0.1, 0.15) is 22.3 Å². The molecule has 4 aromatic rings. The van der Waals surface area contributed by atoms with Gasteiger partial charge in [-0.2, -0.15) is 0 Å². The van der Waals surface area contributed by atoms with E-state index in [1.807, 2.05) is 80.6 Å². The maximum absolute atomic E-state index is 14.0. The van der Waals surface area contributed by atoms with Crippen molar-refractivity contribution in [1.82, 2.24) is 0 Å². The third kappa shape index (κ3) is 5.52. The molecule has 0 aromatic heterocycles. The number of nitrogens with zero attached hydrogens (tertiary/aromatic N) is 2. The van der Waals surface area contributed by atoms with E-state index in [0.717, 1.165) is 28.1 Å². The second kappa shape index (κ2) is 11.3. The van der Waals surface area contributed by atoms with E-state index in [-0.39, 0.29) is 12.5 Å². The number of para-hydroxylation sites is 2. The van der Waals surface area contributed by atoms with Crippen molar-refractivity contribution in [3.63, 3.8) is 0 Å². The molecule has 0 atom stereocenters. The van der Waals surface area contributed by atoms with Gasteiger partial charge in [0.05, 0.1) is 21.3 Å². The van der Waals surface area contributed by atoms with E-state index < -0.39 is 5.82 Å².